The Hall–Kier alpha value is -6.25. The van der Waals surface area contributed by atoms with Gasteiger partial charge < -0.3 is 20.2 Å². The molecular weight excluding hydrogens is 912 g/mol. The van der Waals surface area contributed by atoms with Crippen LogP contribution in [0.1, 0.15) is 59.2 Å². The molecule has 9 rings (SSSR count). The molecule has 0 aliphatic heterocycles. The fourth-order valence-corrected chi connectivity index (χ4v) is 6.49. The van der Waals surface area contributed by atoms with Gasteiger partial charge in [-0.05, 0) is 94.6 Å². The number of nitrogens with zero attached hydrogens (tertiary/aromatic N) is 10. The van der Waals surface area contributed by atoms with Gasteiger partial charge in [-0.25, -0.2) is 0 Å². The maximum Gasteiger partial charge on any atom is 2.00 e. The second kappa shape index (κ2) is 21.5. The summed E-state index contributed by atoms with van der Waals surface area (Å²) in [5, 5.41) is 21.5. The van der Waals surface area contributed by atoms with E-state index in [0.717, 1.165) is 35.0 Å². The van der Waals surface area contributed by atoms with Crippen LogP contribution in [0.4, 0.5) is 0 Å². The van der Waals surface area contributed by atoms with E-state index in [9.17, 15) is 0 Å². The van der Waals surface area contributed by atoms with Crippen LogP contribution in [0.5, 0.6) is 0 Å². The van der Waals surface area contributed by atoms with Crippen molar-refractivity contribution in [3.05, 3.63) is 145 Å². The first-order chi connectivity index (χ1) is 28.6. The fourth-order valence-electron chi connectivity index (χ4n) is 6.49. The molecule has 3 aromatic carbocycles. The number of rotatable bonds is 8. The molecule has 0 saturated heterocycles. The van der Waals surface area contributed by atoms with Crippen LogP contribution in [0, 0.1) is 12.8 Å². The van der Waals surface area contributed by atoms with Crippen molar-refractivity contribution in [1.82, 2.24) is 50.3 Å². The summed E-state index contributed by atoms with van der Waals surface area (Å²) < 4.78 is 0. The Morgan fingerprint density at radius 3 is 1.61 bits per heavy atom. The Morgan fingerprint density at radius 1 is 0.525 bits per heavy atom. The molecule has 1 atom stereocenters. The quantitative estimate of drug-likeness (QED) is 0.145. The van der Waals surface area contributed by atoms with E-state index in [-0.39, 0.29) is 21.1 Å². The Morgan fingerprint density at radius 2 is 1.03 bits per heavy atom. The van der Waals surface area contributed by atoms with Crippen molar-refractivity contribution in [2.24, 2.45) is 5.92 Å². The Balaban J connectivity index is 0.000000252. The maximum atomic E-state index is 5.30. The van der Waals surface area contributed by atoms with Crippen LogP contribution in [-0.4, -0.2) is 40.1 Å². The zero-order valence-electron chi connectivity index (χ0n) is 34.5. The summed E-state index contributed by atoms with van der Waals surface area (Å²) in [4.78, 5) is 27.1. The summed E-state index contributed by atoms with van der Waals surface area (Å²) >= 11 is 0. The molecule has 0 radical (unpaired) electrons. The van der Waals surface area contributed by atoms with Crippen molar-refractivity contribution in [3.63, 3.8) is 0 Å². The summed E-state index contributed by atoms with van der Waals surface area (Å²) in [5.74, 6) is 2.57. The molecule has 6 heterocycles. The Labute approximate surface area is 360 Å². The molecule has 0 bridgehead atoms. The molecule has 300 valence electrons. The molecule has 0 amide bonds. The standard InChI is InChI=1S/C32H28N5.C12H8N5.2C2H6.Pt/c1-4-20(2)19-27-29(28-21(3)16-17-22-11-5-6-12-23(22)28)24-13-7-8-14-25(24)30(34-27)32-35-31(36-37-32)26-15-9-10-18-33-26;1-3-7-13-9(5-1)11-15-12(17-16-11)10-6-2-4-8-14-10;2*1-2;/h5-18,20H,4,19H2,1-3H3;1-8H;2*1-2H3;/q2*-1;;;+2. The second-order valence-corrected chi connectivity index (χ2v) is 13.1. The van der Waals surface area contributed by atoms with Gasteiger partial charge >= 0.3 is 21.1 Å². The normalized spacial score (nSPS) is 10.9. The largest absolute Gasteiger partial charge is 2.00 e. The summed E-state index contributed by atoms with van der Waals surface area (Å²) in [6.45, 7) is 14.7. The predicted molar refractivity (Wildman–Crippen MR) is 235 cm³/mol. The van der Waals surface area contributed by atoms with E-state index < -0.39 is 0 Å². The SMILES string of the molecule is CC.CC.CCC(C)Cc1nc(-c2n[n-]c(-c3ccccn3)n2)c2ccccc2c1-c1c(C)ccc2ccccc12.[Pt+2].c1ccc(-c2n[n-]c(-c3ccccn3)n2)nc1. The third-order valence-electron chi connectivity index (χ3n) is 9.41. The van der Waals surface area contributed by atoms with E-state index in [1.165, 1.54) is 27.5 Å². The van der Waals surface area contributed by atoms with Crippen LogP contribution in [0.25, 0.3) is 78.7 Å². The third-order valence-corrected chi connectivity index (χ3v) is 9.41. The monoisotopic (exact) mass is 959 g/mol. The van der Waals surface area contributed by atoms with Gasteiger partial charge in [0.25, 0.3) is 0 Å². The maximum absolute atomic E-state index is 5.30. The molecular formula is C48H48N10Pt. The van der Waals surface area contributed by atoms with Gasteiger partial charge in [-0.3, -0.25) is 30.1 Å². The van der Waals surface area contributed by atoms with Crippen LogP contribution in [0.15, 0.2) is 134 Å². The fraction of sp³-hybridized carbons (Fsp3) is 0.208. The van der Waals surface area contributed by atoms with Crippen molar-refractivity contribution >= 4 is 21.5 Å². The van der Waals surface area contributed by atoms with Gasteiger partial charge in [0.05, 0.1) is 34.4 Å². The van der Waals surface area contributed by atoms with Gasteiger partial charge in [0.2, 0.25) is 0 Å². The molecule has 0 N–H and O–H groups in total. The van der Waals surface area contributed by atoms with Gasteiger partial charge in [-0.15, -0.1) is 0 Å². The first kappa shape index (κ1) is 43.9. The van der Waals surface area contributed by atoms with Crippen LogP contribution in [0.2, 0.25) is 0 Å². The second-order valence-electron chi connectivity index (χ2n) is 13.1. The minimum atomic E-state index is 0. The zero-order chi connectivity index (χ0) is 40.9. The molecule has 1 unspecified atom stereocenters. The van der Waals surface area contributed by atoms with Gasteiger partial charge in [0.15, 0.2) is 0 Å². The number of aromatic nitrogens is 10. The number of aryl methyl sites for hydroxylation is 1. The number of hydrogen-bond acceptors (Lipinski definition) is 8. The molecule has 0 fully saturated rings. The number of benzene rings is 3. The number of fused-ring (bicyclic) bond motifs is 2. The number of pyridine rings is 4. The Bertz CT molecular complexity index is 2610. The summed E-state index contributed by atoms with van der Waals surface area (Å²) in [6.07, 6.45) is 7.09. The van der Waals surface area contributed by atoms with E-state index in [4.69, 9.17) is 9.97 Å². The third kappa shape index (κ3) is 10.1. The van der Waals surface area contributed by atoms with Gasteiger partial charge in [-0.1, -0.05) is 127 Å². The van der Waals surface area contributed by atoms with Gasteiger partial charge in [0.1, 0.15) is 0 Å². The predicted octanol–water partition coefficient (Wildman–Crippen LogP) is 11.0. The molecule has 59 heavy (non-hydrogen) atoms. The minimum Gasteiger partial charge on any atom is -0.415 e. The first-order valence-corrected chi connectivity index (χ1v) is 20.0. The zero-order valence-corrected chi connectivity index (χ0v) is 36.8. The van der Waals surface area contributed by atoms with Gasteiger partial charge in [-0.2, -0.15) is 0 Å². The molecule has 10 nitrogen and oxygen atoms in total. The summed E-state index contributed by atoms with van der Waals surface area (Å²) in [7, 11) is 0. The smallest absolute Gasteiger partial charge is 0.415 e. The van der Waals surface area contributed by atoms with Crippen LogP contribution in [0.3, 0.4) is 0 Å². The van der Waals surface area contributed by atoms with Crippen LogP contribution < -0.4 is 10.2 Å². The topological polar surface area (TPSA) is 131 Å². The van der Waals surface area contributed by atoms with E-state index in [0.29, 0.717) is 46.3 Å². The minimum absolute atomic E-state index is 0. The van der Waals surface area contributed by atoms with Crippen molar-refractivity contribution in [2.75, 3.05) is 0 Å². The summed E-state index contributed by atoms with van der Waals surface area (Å²) in [5.41, 5.74) is 7.67. The first-order valence-electron chi connectivity index (χ1n) is 20.0. The van der Waals surface area contributed by atoms with E-state index >= 15 is 0 Å². The molecule has 0 saturated carbocycles. The van der Waals surface area contributed by atoms with Crippen molar-refractivity contribution in [2.45, 2.75) is 61.3 Å². The molecule has 6 aromatic heterocycles. The van der Waals surface area contributed by atoms with Crippen LogP contribution in [-0.2, 0) is 27.5 Å². The molecule has 0 aliphatic rings. The van der Waals surface area contributed by atoms with Crippen LogP contribution >= 0.6 is 0 Å². The van der Waals surface area contributed by atoms with Crippen molar-refractivity contribution in [3.8, 4) is 57.2 Å². The molecule has 11 heteroatoms. The van der Waals surface area contributed by atoms with Crippen molar-refractivity contribution in [1.29, 1.82) is 0 Å². The average molecular weight is 960 g/mol. The molecule has 9 aromatic rings. The number of hydrogen-bond donors (Lipinski definition) is 0. The average Bonchev–Trinajstić information content (AvgIpc) is 4.01. The van der Waals surface area contributed by atoms with E-state index in [2.05, 4.69) is 122 Å². The van der Waals surface area contributed by atoms with E-state index in [1.807, 2.05) is 82.3 Å². The molecule has 0 aliphatic carbocycles. The van der Waals surface area contributed by atoms with Gasteiger partial charge in [0, 0.05) is 35.2 Å². The van der Waals surface area contributed by atoms with Crippen molar-refractivity contribution < 1.29 is 21.1 Å². The Kier molecular flexibility index (Phi) is 16.0. The van der Waals surface area contributed by atoms with E-state index in [1.54, 1.807) is 18.6 Å². The molecule has 0 spiro atoms. The summed E-state index contributed by atoms with van der Waals surface area (Å²) in [6, 6.07) is 38.4.